The number of carbonyl (C=O) groups is 1. The van der Waals surface area contributed by atoms with Crippen molar-refractivity contribution < 1.29 is 35.6 Å². The van der Waals surface area contributed by atoms with Gasteiger partial charge in [0.25, 0.3) is 5.91 Å². The smallest absolute Gasteiger partial charge is 0.255 e. The lowest BCUT2D eigenvalue weighted by Crippen LogP contribution is -2.18. The van der Waals surface area contributed by atoms with Crippen LogP contribution in [0.4, 0.5) is 14.5 Å². The highest BCUT2D eigenvalue weighted by Crippen LogP contribution is 2.42. The van der Waals surface area contributed by atoms with Crippen molar-refractivity contribution in [2.75, 3.05) is 31.6 Å². The summed E-state index contributed by atoms with van der Waals surface area (Å²) in [6.07, 6.45) is 1.10. The number of para-hydroxylation sites is 1. The van der Waals surface area contributed by atoms with Gasteiger partial charge in [0, 0.05) is 41.6 Å². The second-order valence-corrected chi connectivity index (χ2v) is 12.2. The highest BCUT2D eigenvalue weighted by atomic mass is 32.2. The summed E-state index contributed by atoms with van der Waals surface area (Å²) in [5.41, 5.74) is 3.21. The van der Waals surface area contributed by atoms with Gasteiger partial charge >= 0.3 is 0 Å². The van der Waals surface area contributed by atoms with Crippen LogP contribution in [-0.2, 0) is 9.84 Å². The number of furan rings is 1. The Morgan fingerprint density at radius 1 is 0.932 bits per heavy atom. The standard InChI is InChI=1S/C32H25F2N3O6S/c1-35-31(38)28-21-14-20(18-9-12-25(41-2)22(13-18)32-37-29-23(34)5-4-6-26(29)43-32)24(36-16-44(3,39)40)15-27(21)42-30(28)17-7-10-19(33)11-8-17/h4-15,36H,16H2,1-3H3,(H,35,38). The van der Waals surface area contributed by atoms with E-state index in [4.69, 9.17) is 13.6 Å². The van der Waals surface area contributed by atoms with Crippen molar-refractivity contribution in [1.29, 1.82) is 0 Å². The van der Waals surface area contributed by atoms with Gasteiger partial charge in [-0.1, -0.05) is 12.1 Å². The summed E-state index contributed by atoms with van der Waals surface area (Å²) in [4.78, 5) is 17.5. The van der Waals surface area contributed by atoms with Crippen molar-refractivity contribution >= 4 is 43.5 Å². The maximum Gasteiger partial charge on any atom is 0.255 e. The number of carbonyl (C=O) groups excluding carboxylic acids is 1. The molecule has 2 aromatic heterocycles. The van der Waals surface area contributed by atoms with Crippen LogP contribution in [0.15, 0.2) is 81.6 Å². The third-order valence-corrected chi connectivity index (χ3v) is 7.69. The lowest BCUT2D eigenvalue weighted by Gasteiger charge is -2.14. The second-order valence-electron chi connectivity index (χ2n) is 10.1. The van der Waals surface area contributed by atoms with Gasteiger partial charge in [0.05, 0.1) is 18.2 Å². The van der Waals surface area contributed by atoms with Crippen molar-refractivity contribution in [3.05, 3.63) is 90.0 Å². The largest absolute Gasteiger partial charge is 0.496 e. The average Bonchev–Trinajstić information content (AvgIpc) is 3.61. The summed E-state index contributed by atoms with van der Waals surface area (Å²) in [6, 6.07) is 18.4. The maximum atomic E-state index is 14.4. The van der Waals surface area contributed by atoms with Crippen molar-refractivity contribution in [3.63, 3.8) is 0 Å². The molecule has 9 nitrogen and oxygen atoms in total. The minimum absolute atomic E-state index is 0.0637. The maximum absolute atomic E-state index is 14.4. The highest BCUT2D eigenvalue weighted by Gasteiger charge is 2.25. The molecule has 12 heteroatoms. The van der Waals surface area contributed by atoms with Crippen LogP contribution in [0.2, 0.25) is 0 Å². The molecule has 0 unspecified atom stereocenters. The number of hydrogen-bond acceptors (Lipinski definition) is 8. The van der Waals surface area contributed by atoms with Crippen LogP contribution in [0.3, 0.4) is 0 Å². The first-order chi connectivity index (χ1) is 21.1. The second kappa shape index (κ2) is 11.1. The van der Waals surface area contributed by atoms with Gasteiger partial charge < -0.3 is 24.2 Å². The summed E-state index contributed by atoms with van der Waals surface area (Å²) in [5.74, 6) is -1.07. The van der Waals surface area contributed by atoms with E-state index in [-0.39, 0.29) is 34.2 Å². The number of halogens is 2. The molecule has 0 aliphatic rings. The molecule has 2 heterocycles. The zero-order valence-electron chi connectivity index (χ0n) is 23.7. The van der Waals surface area contributed by atoms with Gasteiger partial charge in [-0.2, -0.15) is 0 Å². The molecule has 0 saturated heterocycles. The number of rotatable bonds is 8. The molecule has 6 aromatic rings. The Hall–Kier alpha value is -5.23. The first-order valence-electron chi connectivity index (χ1n) is 13.3. The molecule has 0 atom stereocenters. The Morgan fingerprint density at radius 3 is 2.36 bits per heavy atom. The van der Waals surface area contributed by atoms with Gasteiger partial charge in [-0.25, -0.2) is 22.2 Å². The van der Waals surface area contributed by atoms with E-state index in [1.54, 1.807) is 36.4 Å². The molecular weight excluding hydrogens is 592 g/mol. The molecule has 44 heavy (non-hydrogen) atoms. The Morgan fingerprint density at radius 2 is 1.68 bits per heavy atom. The third-order valence-electron chi connectivity index (χ3n) is 7.02. The molecule has 0 radical (unpaired) electrons. The van der Waals surface area contributed by atoms with Crippen LogP contribution in [0.1, 0.15) is 10.4 Å². The van der Waals surface area contributed by atoms with Crippen LogP contribution in [-0.4, -0.2) is 45.6 Å². The SMILES string of the molecule is CNC(=O)c1c(-c2ccc(F)cc2)oc2cc(NCS(C)(=O)=O)c(-c3ccc(OC)c(-c4nc5c(F)cccc5o4)c3)cc12. The monoisotopic (exact) mass is 617 g/mol. The number of fused-ring (bicyclic) bond motifs is 2. The van der Waals surface area contributed by atoms with Crippen molar-refractivity contribution in [1.82, 2.24) is 10.3 Å². The van der Waals surface area contributed by atoms with Crippen LogP contribution < -0.4 is 15.4 Å². The number of sulfone groups is 1. The fourth-order valence-corrected chi connectivity index (χ4v) is 5.38. The highest BCUT2D eigenvalue weighted by molar-refractivity contribution is 7.90. The van der Waals surface area contributed by atoms with E-state index >= 15 is 0 Å². The number of anilines is 1. The van der Waals surface area contributed by atoms with E-state index in [1.807, 2.05) is 0 Å². The fraction of sp³-hybridized carbons (Fsp3) is 0.125. The molecule has 0 bridgehead atoms. The molecular formula is C32H25F2N3O6S. The predicted molar refractivity (Wildman–Crippen MR) is 163 cm³/mol. The number of hydrogen-bond donors (Lipinski definition) is 2. The van der Waals surface area contributed by atoms with Crippen LogP contribution >= 0.6 is 0 Å². The van der Waals surface area contributed by atoms with E-state index in [1.165, 1.54) is 50.6 Å². The van der Waals surface area contributed by atoms with E-state index in [0.717, 1.165) is 6.26 Å². The van der Waals surface area contributed by atoms with Gasteiger partial charge in [-0.15, -0.1) is 0 Å². The molecule has 1 amide bonds. The van der Waals surface area contributed by atoms with Crippen LogP contribution in [0, 0.1) is 11.6 Å². The minimum atomic E-state index is -3.44. The summed E-state index contributed by atoms with van der Waals surface area (Å²) < 4.78 is 69.9. The van der Waals surface area contributed by atoms with Crippen molar-refractivity contribution in [2.45, 2.75) is 0 Å². The molecule has 0 fully saturated rings. The number of methoxy groups -OCH3 is 1. The molecule has 6 rings (SSSR count). The number of benzene rings is 4. The molecule has 0 aliphatic heterocycles. The lowest BCUT2D eigenvalue weighted by atomic mass is 9.97. The Kier molecular flexibility index (Phi) is 7.30. The molecule has 0 spiro atoms. The number of nitrogens with zero attached hydrogens (tertiary/aromatic N) is 1. The molecule has 2 N–H and O–H groups in total. The first-order valence-corrected chi connectivity index (χ1v) is 15.4. The summed E-state index contributed by atoms with van der Waals surface area (Å²) in [6.45, 7) is 0. The van der Waals surface area contributed by atoms with Gasteiger partial charge in [-0.05, 0) is 60.2 Å². The Bertz CT molecular complexity index is 2170. The predicted octanol–water partition coefficient (Wildman–Crippen LogP) is 6.64. The topological polar surface area (TPSA) is 124 Å². The van der Waals surface area contributed by atoms with E-state index < -0.39 is 27.4 Å². The number of nitrogens with one attached hydrogen (secondary N) is 2. The fourth-order valence-electron chi connectivity index (χ4n) is 4.96. The van der Waals surface area contributed by atoms with E-state index in [2.05, 4.69) is 15.6 Å². The number of amides is 1. The van der Waals surface area contributed by atoms with Gasteiger partial charge in [-0.3, -0.25) is 4.79 Å². The first kappa shape index (κ1) is 28.9. The van der Waals surface area contributed by atoms with Crippen LogP contribution in [0.25, 0.3) is 56.0 Å². The summed E-state index contributed by atoms with van der Waals surface area (Å²) in [7, 11) is -0.484. The quantitative estimate of drug-likeness (QED) is 0.195. The van der Waals surface area contributed by atoms with Gasteiger partial charge in [0.1, 0.15) is 34.3 Å². The third kappa shape index (κ3) is 5.35. The summed E-state index contributed by atoms with van der Waals surface area (Å²) in [5, 5.41) is 6.02. The van der Waals surface area contributed by atoms with Crippen molar-refractivity contribution in [3.8, 4) is 39.7 Å². The Balaban J connectivity index is 1.59. The Labute approximate surface area is 250 Å². The number of aromatic nitrogens is 1. The minimum Gasteiger partial charge on any atom is -0.496 e. The normalized spacial score (nSPS) is 11.7. The number of ether oxygens (including phenoxy) is 1. The summed E-state index contributed by atoms with van der Waals surface area (Å²) >= 11 is 0. The molecule has 4 aromatic carbocycles. The molecule has 0 saturated carbocycles. The molecule has 224 valence electrons. The van der Waals surface area contributed by atoms with E-state index in [9.17, 15) is 22.0 Å². The van der Waals surface area contributed by atoms with Crippen LogP contribution in [0.5, 0.6) is 5.75 Å². The molecule has 0 aliphatic carbocycles. The average molecular weight is 618 g/mol. The zero-order valence-corrected chi connectivity index (χ0v) is 24.5. The van der Waals surface area contributed by atoms with Gasteiger partial charge in [0.2, 0.25) is 5.89 Å². The van der Waals surface area contributed by atoms with Gasteiger partial charge in [0.15, 0.2) is 21.2 Å². The zero-order chi connectivity index (χ0) is 31.2. The number of oxazole rings is 1. The van der Waals surface area contributed by atoms with Crippen molar-refractivity contribution in [2.24, 2.45) is 0 Å². The van der Waals surface area contributed by atoms with E-state index in [0.29, 0.717) is 44.7 Å². The lowest BCUT2D eigenvalue weighted by molar-refractivity contribution is 0.0964.